The number of benzene rings is 2. The zero-order valence-corrected chi connectivity index (χ0v) is 16.3. The van der Waals surface area contributed by atoms with Crippen LogP contribution in [0.1, 0.15) is 22.7 Å². The van der Waals surface area contributed by atoms with Gasteiger partial charge < -0.3 is 5.11 Å². The minimum absolute atomic E-state index is 0.0311. The van der Waals surface area contributed by atoms with Gasteiger partial charge in [0.25, 0.3) is 11.7 Å². The monoisotopic (exact) mass is 404 g/mol. The van der Waals surface area contributed by atoms with E-state index in [1.807, 2.05) is 13.0 Å². The van der Waals surface area contributed by atoms with E-state index in [2.05, 4.69) is 4.98 Å². The number of carbonyl (C=O) groups is 2. The first-order valence-corrected chi connectivity index (χ1v) is 9.39. The maximum Gasteiger partial charge on any atom is 0.300 e. The fraction of sp³-hybridized carbons (Fsp3) is 0.0870. The minimum atomic E-state index is -0.802. The van der Waals surface area contributed by atoms with Crippen LogP contribution >= 0.6 is 11.6 Å². The average molecular weight is 405 g/mol. The Morgan fingerprint density at radius 2 is 1.83 bits per heavy atom. The summed E-state index contributed by atoms with van der Waals surface area (Å²) in [6.45, 7) is 1.82. The lowest BCUT2D eigenvalue weighted by Gasteiger charge is -2.26. The molecule has 1 N–H and O–H groups in total. The van der Waals surface area contributed by atoms with Gasteiger partial charge in [0, 0.05) is 28.7 Å². The van der Waals surface area contributed by atoms with Crippen LogP contribution in [0.25, 0.3) is 5.76 Å². The number of aliphatic hydroxyl groups is 1. The fourth-order valence-corrected chi connectivity index (χ4v) is 3.80. The number of hydrogen-bond donors (Lipinski definition) is 1. The normalized spacial score (nSPS) is 18.3. The summed E-state index contributed by atoms with van der Waals surface area (Å²) in [7, 11) is 0. The van der Waals surface area contributed by atoms with Crippen molar-refractivity contribution in [3.8, 4) is 0 Å². The van der Waals surface area contributed by atoms with Gasteiger partial charge in [0.15, 0.2) is 0 Å². The number of halogens is 1. The molecule has 1 fully saturated rings. The standard InChI is InChI=1S/C23H17ClN2O3/c1-14-12-17(24)9-10-18(14)26-20(16-8-5-11-25-13-16)19(22(28)23(26)29)21(27)15-6-3-2-4-7-15/h2-13,20,27H,1H3/b21-19+. The molecular formula is C23H17ClN2O3. The number of aryl methyl sites for hydroxylation is 1. The molecule has 6 heteroatoms. The zero-order valence-electron chi connectivity index (χ0n) is 15.5. The Morgan fingerprint density at radius 3 is 2.48 bits per heavy atom. The van der Waals surface area contributed by atoms with Gasteiger partial charge in [-0.25, -0.2) is 0 Å². The fourth-order valence-electron chi connectivity index (χ4n) is 3.57. The number of pyridine rings is 1. The van der Waals surface area contributed by atoms with Crippen LogP contribution in [0.4, 0.5) is 5.69 Å². The number of Topliss-reactive ketones (excluding diaryl/α,β-unsaturated/α-hetero) is 1. The molecule has 144 valence electrons. The molecule has 2 heterocycles. The second-order valence-corrected chi connectivity index (χ2v) is 7.19. The summed E-state index contributed by atoms with van der Waals surface area (Å²) in [5.74, 6) is -1.66. The quantitative estimate of drug-likeness (QED) is 0.391. The van der Waals surface area contributed by atoms with Gasteiger partial charge in [0.2, 0.25) is 0 Å². The lowest BCUT2D eigenvalue weighted by Crippen LogP contribution is -2.30. The van der Waals surface area contributed by atoms with Crippen LogP contribution in [0.5, 0.6) is 0 Å². The van der Waals surface area contributed by atoms with Crippen molar-refractivity contribution in [2.24, 2.45) is 0 Å². The third-order valence-electron chi connectivity index (χ3n) is 4.91. The molecule has 1 aromatic heterocycles. The van der Waals surface area contributed by atoms with E-state index in [1.165, 1.54) is 4.90 Å². The van der Waals surface area contributed by atoms with Crippen molar-refractivity contribution in [3.05, 3.63) is 100 Å². The van der Waals surface area contributed by atoms with Crippen LogP contribution in [0, 0.1) is 6.92 Å². The number of rotatable bonds is 3. The molecule has 1 saturated heterocycles. The van der Waals surface area contributed by atoms with Crippen molar-refractivity contribution in [2.45, 2.75) is 13.0 Å². The Morgan fingerprint density at radius 1 is 1.07 bits per heavy atom. The Labute approximate surface area is 172 Å². The highest BCUT2D eigenvalue weighted by atomic mass is 35.5. The van der Waals surface area contributed by atoms with E-state index in [-0.39, 0.29) is 11.3 Å². The van der Waals surface area contributed by atoms with Gasteiger partial charge in [0.1, 0.15) is 5.76 Å². The maximum absolute atomic E-state index is 13.1. The van der Waals surface area contributed by atoms with E-state index in [4.69, 9.17) is 11.6 Å². The second-order valence-electron chi connectivity index (χ2n) is 6.75. The van der Waals surface area contributed by atoms with E-state index < -0.39 is 17.7 Å². The number of aliphatic hydroxyl groups excluding tert-OH is 1. The molecule has 0 radical (unpaired) electrons. The van der Waals surface area contributed by atoms with Crippen LogP contribution in [-0.2, 0) is 9.59 Å². The molecule has 1 aliphatic rings. The Kier molecular flexibility index (Phi) is 4.91. The minimum Gasteiger partial charge on any atom is -0.507 e. The summed E-state index contributed by atoms with van der Waals surface area (Å²) in [5.41, 5.74) is 2.42. The molecule has 0 saturated carbocycles. The number of ketones is 1. The second kappa shape index (κ2) is 7.53. The maximum atomic E-state index is 13.1. The van der Waals surface area contributed by atoms with Crippen molar-refractivity contribution < 1.29 is 14.7 Å². The molecule has 5 nitrogen and oxygen atoms in total. The number of carbonyl (C=O) groups excluding carboxylic acids is 2. The lowest BCUT2D eigenvalue weighted by atomic mass is 9.96. The smallest absolute Gasteiger partial charge is 0.300 e. The predicted molar refractivity (Wildman–Crippen MR) is 112 cm³/mol. The van der Waals surface area contributed by atoms with E-state index >= 15 is 0 Å². The van der Waals surface area contributed by atoms with Gasteiger partial charge in [-0.3, -0.25) is 19.5 Å². The molecule has 4 rings (SSSR count). The average Bonchev–Trinajstić information content (AvgIpc) is 3.00. The molecule has 0 spiro atoms. The van der Waals surface area contributed by atoms with Crippen LogP contribution < -0.4 is 4.90 Å². The van der Waals surface area contributed by atoms with E-state index in [1.54, 1.807) is 67.0 Å². The van der Waals surface area contributed by atoms with Crippen molar-refractivity contribution in [1.29, 1.82) is 0 Å². The van der Waals surface area contributed by atoms with Crippen LogP contribution in [0.3, 0.4) is 0 Å². The summed E-state index contributed by atoms with van der Waals surface area (Å²) in [4.78, 5) is 31.6. The van der Waals surface area contributed by atoms with Crippen molar-refractivity contribution in [2.75, 3.05) is 4.90 Å². The summed E-state index contributed by atoms with van der Waals surface area (Å²) in [5, 5.41) is 11.5. The SMILES string of the molecule is Cc1cc(Cl)ccc1N1C(=O)C(=O)/C(=C(/O)c2ccccc2)C1c1cccnc1. The van der Waals surface area contributed by atoms with Crippen LogP contribution in [-0.4, -0.2) is 21.8 Å². The number of nitrogens with zero attached hydrogens (tertiary/aromatic N) is 2. The molecule has 1 amide bonds. The van der Waals surface area contributed by atoms with Gasteiger partial charge in [-0.05, 0) is 42.3 Å². The van der Waals surface area contributed by atoms with Gasteiger partial charge in [-0.1, -0.05) is 48.0 Å². The molecule has 1 aliphatic heterocycles. The molecular weight excluding hydrogens is 388 g/mol. The van der Waals surface area contributed by atoms with Crippen molar-refractivity contribution in [3.63, 3.8) is 0 Å². The number of hydrogen-bond acceptors (Lipinski definition) is 4. The van der Waals surface area contributed by atoms with Gasteiger partial charge in [-0.2, -0.15) is 0 Å². The highest BCUT2D eigenvalue weighted by Gasteiger charge is 2.47. The third kappa shape index (κ3) is 3.30. The Hall–Kier alpha value is -3.44. The molecule has 1 atom stereocenters. The lowest BCUT2D eigenvalue weighted by molar-refractivity contribution is -0.132. The zero-order chi connectivity index (χ0) is 20.5. The molecule has 1 unspecified atom stereocenters. The molecule has 0 bridgehead atoms. The van der Waals surface area contributed by atoms with E-state index in [9.17, 15) is 14.7 Å². The van der Waals surface area contributed by atoms with E-state index in [0.29, 0.717) is 21.8 Å². The third-order valence-corrected chi connectivity index (χ3v) is 5.15. The first-order chi connectivity index (χ1) is 14.0. The Balaban J connectivity index is 1.97. The summed E-state index contributed by atoms with van der Waals surface area (Å²) < 4.78 is 0. The van der Waals surface area contributed by atoms with Crippen LogP contribution in [0.15, 0.2) is 78.6 Å². The number of anilines is 1. The highest BCUT2D eigenvalue weighted by Crippen LogP contribution is 2.43. The van der Waals surface area contributed by atoms with Crippen molar-refractivity contribution >= 4 is 34.7 Å². The first kappa shape index (κ1) is 18.9. The largest absolute Gasteiger partial charge is 0.507 e. The predicted octanol–water partition coefficient (Wildman–Crippen LogP) is 4.67. The summed E-state index contributed by atoms with van der Waals surface area (Å²) in [6.07, 6.45) is 3.20. The first-order valence-electron chi connectivity index (χ1n) is 9.01. The molecule has 2 aromatic carbocycles. The summed E-state index contributed by atoms with van der Waals surface area (Å²) in [6, 6.07) is 16.5. The topological polar surface area (TPSA) is 70.5 Å². The van der Waals surface area contributed by atoms with Crippen molar-refractivity contribution in [1.82, 2.24) is 4.98 Å². The van der Waals surface area contributed by atoms with Gasteiger partial charge >= 0.3 is 0 Å². The number of aromatic nitrogens is 1. The van der Waals surface area contributed by atoms with Crippen LogP contribution in [0.2, 0.25) is 5.02 Å². The highest BCUT2D eigenvalue weighted by molar-refractivity contribution is 6.51. The van der Waals surface area contributed by atoms with E-state index in [0.717, 1.165) is 5.56 Å². The van der Waals surface area contributed by atoms with Gasteiger partial charge in [0.05, 0.1) is 11.6 Å². The molecule has 0 aliphatic carbocycles. The summed E-state index contributed by atoms with van der Waals surface area (Å²) >= 11 is 6.07. The Bertz CT molecular complexity index is 1130. The molecule has 29 heavy (non-hydrogen) atoms. The number of amides is 1. The molecule has 3 aromatic rings. The van der Waals surface area contributed by atoms with Gasteiger partial charge in [-0.15, -0.1) is 0 Å².